The van der Waals surface area contributed by atoms with Gasteiger partial charge in [-0.05, 0) is 39.7 Å². The van der Waals surface area contributed by atoms with E-state index in [1.54, 1.807) is 26.8 Å². The molecule has 1 atom stereocenters. The number of nitrogens with one attached hydrogen (secondary N) is 1. The number of hydrogen-bond acceptors (Lipinski definition) is 6. The average Bonchev–Trinajstić information content (AvgIpc) is 3.11. The zero-order valence-electron chi connectivity index (χ0n) is 13.8. The van der Waals surface area contributed by atoms with Crippen molar-refractivity contribution in [1.29, 1.82) is 0 Å². The van der Waals surface area contributed by atoms with Crippen LogP contribution >= 0.6 is 0 Å². The van der Waals surface area contributed by atoms with Crippen molar-refractivity contribution in [2.24, 2.45) is 0 Å². The smallest absolute Gasteiger partial charge is 0.325 e. The van der Waals surface area contributed by atoms with Crippen molar-refractivity contribution >= 4 is 11.9 Å². The summed E-state index contributed by atoms with van der Waals surface area (Å²) in [7, 11) is 0. The fourth-order valence-electron chi connectivity index (χ4n) is 3.11. The Kier molecular flexibility index (Phi) is 3.06. The Bertz CT molecular complexity index is 835. The summed E-state index contributed by atoms with van der Waals surface area (Å²) >= 11 is 0. The molecule has 2 aromatic heterocycles. The number of furan rings is 1. The zero-order chi connectivity index (χ0) is 17.1. The van der Waals surface area contributed by atoms with Gasteiger partial charge in [-0.15, -0.1) is 10.2 Å². The van der Waals surface area contributed by atoms with Crippen molar-refractivity contribution in [2.45, 2.75) is 51.6 Å². The lowest BCUT2D eigenvalue weighted by Crippen LogP contribution is -2.41. The monoisotopic (exact) mass is 330 g/mol. The van der Waals surface area contributed by atoms with E-state index in [1.807, 2.05) is 0 Å². The summed E-state index contributed by atoms with van der Waals surface area (Å²) in [5.41, 5.74) is -0.497. The van der Waals surface area contributed by atoms with Crippen molar-refractivity contribution < 1.29 is 18.4 Å². The van der Waals surface area contributed by atoms with E-state index in [4.69, 9.17) is 8.83 Å². The highest BCUT2D eigenvalue weighted by atomic mass is 16.4. The van der Waals surface area contributed by atoms with Gasteiger partial charge in [0.15, 0.2) is 0 Å². The first-order chi connectivity index (χ1) is 11.4. The molecule has 1 N–H and O–H groups in total. The predicted molar refractivity (Wildman–Crippen MR) is 80.9 cm³/mol. The van der Waals surface area contributed by atoms with Gasteiger partial charge in [-0.25, -0.2) is 4.79 Å². The van der Waals surface area contributed by atoms with E-state index < -0.39 is 11.6 Å². The highest BCUT2D eigenvalue weighted by molar-refractivity contribution is 6.07. The molecule has 1 saturated heterocycles. The Morgan fingerprint density at radius 1 is 1.29 bits per heavy atom. The minimum absolute atomic E-state index is 0.0319. The Hall–Kier alpha value is -2.64. The standard InChI is InChI=1S/C16H18N4O4/c1-8-6-11(9(2)23-8)16(3)14(21)20(15(22)17-16)7-12-18-19-13(24-12)10-4-5-10/h6,10H,4-5,7H2,1-3H3,(H,17,22)/t16-/m0/s1. The highest BCUT2D eigenvalue weighted by Crippen LogP contribution is 2.39. The third kappa shape index (κ3) is 2.21. The topological polar surface area (TPSA) is 101 Å². The molecule has 0 spiro atoms. The zero-order valence-corrected chi connectivity index (χ0v) is 13.8. The molecule has 4 rings (SSSR count). The number of hydrogen-bond donors (Lipinski definition) is 1. The Balaban J connectivity index is 1.59. The Morgan fingerprint density at radius 2 is 2.04 bits per heavy atom. The van der Waals surface area contributed by atoms with Crippen LogP contribution in [0.4, 0.5) is 4.79 Å². The molecule has 24 heavy (non-hydrogen) atoms. The van der Waals surface area contributed by atoms with Gasteiger partial charge >= 0.3 is 6.03 Å². The quantitative estimate of drug-likeness (QED) is 0.862. The SMILES string of the molecule is Cc1cc([C@]2(C)NC(=O)N(Cc3nnc(C4CC4)o3)C2=O)c(C)o1. The third-order valence-corrected chi connectivity index (χ3v) is 4.56. The van der Waals surface area contributed by atoms with Crippen LogP contribution in [0.5, 0.6) is 0 Å². The summed E-state index contributed by atoms with van der Waals surface area (Å²) in [6.45, 7) is 5.22. The van der Waals surface area contributed by atoms with Crippen LogP contribution in [-0.4, -0.2) is 27.0 Å². The van der Waals surface area contributed by atoms with Crippen LogP contribution in [0.2, 0.25) is 0 Å². The molecule has 0 aromatic carbocycles. The molecular formula is C16H18N4O4. The maximum Gasteiger partial charge on any atom is 0.325 e. The molecule has 8 heteroatoms. The molecule has 3 heterocycles. The molecule has 8 nitrogen and oxygen atoms in total. The van der Waals surface area contributed by atoms with Crippen molar-refractivity contribution in [3.63, 3.8) is 0 Å². The van der Waals surface area contributed by atoms with E-state index in [0.29, 0.717) is 28.9 Å². The van der Waals surface area contributed by atoms with E-state index in [1.165, 1.54) is 0 Å². The van der Waals surface area contributed by atoms with Crippen molar-refractivity contribution in [2.75, 3.05) is 0 Å². The minimum Gasteiger partial charge on any atom is -0.466 e. The lowest BCUT2D eigenvalue weighted by atomic mass is 9.92. The Morgan fingerprint density at radius 3 is 2.67 bits per heavy atom. The lowest BCUT2D eigenvalue weighted by molar-refractivity contribution is -0.131. The fraction of sp³-hybridized carbons (Fsp3) is 0.500. The third-order valence-electron chi connectivity index (χ3n) is 4.56. The van der Waals surface area contributed by atoms with Gasteiger partial charge in [-0.2, -0.15) is 0 Å². The molecular weight excluding hydrogens is 312 g/mol. The van der Waals surface area contributed by atoms with E-state index in [0.717, 1.165) is 17.7 Å². The average molecular weight is 330 g/mol. The molecule has 0 radical (unpaired) electrons. The Labute approximate surface area is 138 Å². The normalized spacial score (nSPS) is 23.9. The van der Waals surface area contributed by atoms with Crippen molar-refractivity contribution in [3.05, 3.63) is 34.9 Å². The first kappa shape index (κ1) is 14.9. The van der Waals surface area contributed by atoms with Crippen LogP contribution in [0.1, 0.15) is 54.5 Å². The number of imide groups is 1. The van der Waals surface area contributed by atoms with Gasteiger partial charge in [0.05, 0.1) is 0 Å². The second-order valence-corrected chi connectivity index (χ2v) is 6.58. The second-order valence-electron chi connectivity index (χ2n) is 6.58. The van der Waals surface area contributed by atoms with E-state index in [-0.39, 0.29) is 18.3 Å². The predicted octanol–water partition coefficient (Wildman–Crippen LogP) is 2.12. The molecule has 1 aliphatic carbocycles. The summed E-state index contributed by atoms with van der Waals surface area (Å²) in [6, 6.07) is 1.29. The maximum atomic E-state index is 12.9. The van der Waals surface area contributed by atoms with Crippen LogP contribution in [0, 0.1) is 13.8 Å². The fourth-order valence-corrected chi connectivity index (χ4v) is 3.11. The molecule has 2 aliphatic rings. The van der Waals surface area contributed by atoms with Crippen molar-refractivity contribution in [3.8, 4) is 0 Å². The maximum absolute atomic E-state index is 12.9. The van der Waals surface area contributed by atoms with Crippen LogP contribution in [0.15, 0.2) is 14.9 Å². The molecule has 1 aliphatic heterocycles. The minimum atomic E-state index is -1.15. The molecule has 0 bridgehead atoms. The van der Waals surface area contributed by atoms with Gasteiger partial charge < -0.3 is 14.2 Å². The first-order valence-corrected chi connectivity index (χ1v) is 7.92. The first-order valence-electron chi connectivity index (χ1n) is 7.92. The number of aromatic nitrogens is 2. The number of rotatable bonds is 4. The number of aryl methyl sites for hydroxylation is 2. The lowest BCUT2D eigenvalue weighted by Gasteiger charge is -2.20. The van der Waals surface area contributed by atoms with Crippen LogP contribution in [0.3, 0.4) is 0 Å². The highest BCUT2D eigenvalue weighted by Gasteiger charge is 2.51. The summed E-state index contributed by atoms with van der Waals surface area (Å²) in [5, 5.41) is 10.7. The van der Waals surface area contributed by atoms with Crippen LogP contribution < -0.4 is 5.32 Å². The largest absolute Gasteiger partial charge is 0.466 e. The number of amides is 3. The van der Waals surface area contributed by atoms with Gasteiger partial charge in [0.25, 0.3) is 5.91 Å². The molecule has 3 amide bonds. The van der Waals surface area contributed by atoms with E-state index in [2.05, 4.69) is 15.5 Å². The van der Waals surface area contributed by atoms with E-state index >= 15 is 0 Å². The van der Waals surface area contributed by atoms with Gasteiger partial charge in [0, 0.05) is 11.5 Å². The van der Waals surface area contributed by atoms with E-state index in [9.17, 15) is 9.59 Å². The summed E-state index contributed by atoms with van der Waals surface area (Å²) in [6.07, 6.45) is 2.09. The van der Waals surface area contributed by atoms with Gasteiger partial charge in [-0.1, -0.05) is 0 Å². The number of urea groups is 1. The number of nitrogens with zero attached hydrogens (tertiary/aromatic N) is 3. The molecule has 2 aromatic rings. The summed E-state index contributed by atoms with van der Waals surface area (Å²) < 4.78 is 11.1. The molecule has 1 saturated carbocycles. The summed E-state index contributed by atoms with van der Waals surface area (Å²) in [4.78, 5) is 26.3. The molecule has 0 unspecified atom stereocenters. The van der Waals surface area contributed by atoms with Crippen LogP contribution in [0.25, 0.3) is 0 Å². The molecule has 2 fully saturated rings. The summed E-state index contributed by atoms with van der Waals surface area (Å²) in [5.74, 6) is 2.12. The van der Waals surface area contributed by atoms with Crippen LogP contribution in [-0.2, 0) is 16.9 Å². The van der Waals surface area contributed by atoms with Gasteiger partial charge in [0.1, 0.15) is 23.6 Å². The van der Waals surface area contributed by atoms with Gasteiger partial charge in [-0.3, -0.25) is 9.69 Å². The number of carbonyl (C=O) groups excluding carboxylic acids is 2. The molecule has 126 valence electrons. The van der Waals surface area contributed by atoms with Gasteiger partial charge in [0.2, 0.25) is 11.8 Å². The van der Waals surface area contributed by atoms with Crippen molar-refractivity contribution in [1.82, 2.24) is 20.4 Å². The second kappa shape index (κ2) is 4.93. The number of carbonyl (C=O) groups is 2.